The van der Waals surface area contributed by atoms with Gasteiger partial charge in [-0.05, 0) is 56.9 Å². The fraction of sp³-hybridized carbons (Fsp3) is 0.478. The van der Waals surface area contributed by atoms with Crippen LogP contribution in [0, 0.1) is 18.8 Å². The van der Waals surface area contributed by atoms with Crippen LogP contribution in [0.4, 0.5) is 0 Å². The van der Waals surface area contributed by atoms with Crippen LogP contribution in [-0.4, -0.2) is 0 Å². The molecule has 2 aliphatic carbocycles. The van der Waals surface area contributed by atoms with Crippen LogP contribution in [-0.2, 0) is 5.41 Å². The van der Waals surface area contributed by atoms with Crippen molar-refractivity contribution in [1.82, 2.24) is 0 Å². The second-order valence-corrected chi connectivity index (χ2v) is 7.83. The van der Waals surface area contributed by atoms with Gasteiger partial charge in [0.2, 0.25) is 0 Å². The molecule has 3 unspecified atom stereocenters. The van der Waals surface area contributed by atoms with Crippen LogP contribution >= 0.6 is 0 Å². The van der Waals surface area contributed by atoms with E-state index in [4.69, 9.17) is 0 Å². The summed E-state index contributed by atoms with van der Waals surface area (Å²) in [5, 5.41) is 0. The zero-order chi connectivity index (χ0) is 16.4. The maximum absolute atomic E-state index is 2.55. The van der Waals surface area contributed by atoms with Gasteiger partial charge in [-0.2, -0.15) is 0 Å². The monoisotopic (exact) mass is 306 g/mol. The molecule has 0 heteroatoms. The molecule has 0 aromatic heterocycles. The SMILES string of the molecule is CC1=CCC(C(C)(C2=CCC(C)CC2)c2ccc(C)cc2)C=C1. The fourth-order valence-electron chi connectivity index (χ4n) is 4.13. The van der Waals surface area contributed by atoms with Crippen LogP contribution in [0.1, 0.15) is 57.6 Å². The van der Waals surface area contributed by atoms with Gasteiger partial charge in [-0.15, -0.1) is 0 Å². The first-order valence-electron chi connectivity index (χ1n) is 9.11. The Kier molecular flexibility index (Phi) is 4.62. The van der Waals surface area contributed by atoms with Crippen LogP contribution in [0.2, 0.25) is 0 Å². The summed E-state index contributed by atoms with van der Waals surface area (Å²) >= 11 is 0. The third-order valence-corrected chi connectivity index (χ3v) is 6.02. The van der Waals surface area contributed by atoms with Crippen LogP contribution in [0.5, 0.6) is 0 Å². The lowest BCUT2D eigenvalue weighted by atomic mass is 9.62. The summed E-state index contributed by atoms with van der Waals surface area (Å²) in [6, 6.07) is 9.25. The Labute approximate surface area is 142 Å². The van der Waals surface area contributed by atoms with Gasteiger partial charge in [0.15, 0.2) is 0 Å². The topological polar surface area (TPSA) is 0 Å². The van der Waals surface area contributed by atoms with Crippen LogP contribution in [0.25, 0.3) is 0 Å². The number of hydrogen-bond acceptors (Lipinski definition) is 0. The maximum atomic E-state index is 2.55. The molecule has 0 amide bonds. The molecule has 23 heavy (non-hydrogen) atoms. The smallest absolute Gasteiger partial charge is 0.0199 e. The van der Waals surface area contributed by atoms with E-state index in [9.17, 15) is 0 Å². The predicted octanol–water partition coefficient (Wildman–Crippen LogP) is 6.52. The molecule has 0 nitrogen and oxygen atoms in total. The van der Waals surface area contributed by atoms with Crippen molar-refractivity contribution in [2.24, 2.45) is 11.8 Å². The molecule has 0 radical (unpaired) electrons. The second-order valence-electron chi connectivity index (χ2n) is 7.83. The normalized spacial score (nSPS) is 27.1. The van der Waals surface area contributed by atoms with Crippen molar-refractivity contribution >= 4 is 0 Å². The number of benzene rings is 1. The minimum absolute atomic E-state index is 0.127. The first-order chi connectivity index (χ1) is 11.0. The van der Waals surface area contributed by atoms with Crippen molar-refractivity contribution < 1.29 is 0 Å². The van der Waals surface area contributed by atoms with Gasteiger partial charge in [-0.3, -0.25) is 0 Å². The van der Waals surface area contributed by atoms with E-state index >= 15 is 0 Å². The molecule has 1 aromatic carbocycles. The Morgan fingerprint density at radius 2 is 1.74 bits per heavy atom. The minimum Gasteiger partial charge on any atom is -0.0842 e. The molecule has 0 bridgehead atoms. The first kappa shape index (κ1) is 16.3. The summed E-state index contributed by atoms with van der Waals surface area (Å²) < 4.78 is 0. The highest BCUT2D eigenvalue weighted by Gasteiger charge is 2.38. The zero-order valence-electron chi connectivity index (χ0n) is 15.1. The Morgan fingerprint density at radius 1 is 1.00 bits per heavy atom. The number of allylic oxidation sites excluding steroid dienone is 6. The fourth-order valence-corrected chi connectivity index (χ4v) is 4.13. The van der Waals surface area contributed by atoms with Crippen LogP contribution in [0.15, 0.2) is 59.7 Å². The summed E-state index contributed by atoms with van der Waals surface area (Å²) in [6.45, 7) is 9.23. The van der Waals surface area contributed by atoms with E-state index in [0.29, 0.717) is 5.92 Å². The standard InChI is InChI=1S/C23H30/c1-17-5-11-20(12-6-17)23(4,21-13-7-18(2)8-14-21)22-15-9-19(3)10-16-22/h5-8,11-13,15,19,21H,9-10,14,16H2,1-4H3. The average Bonchev–Trinajstić information content (AvgIpc) is 2.56. The van der Waals surface area contributed by atoms with Gasteiger partial charge in [0.05, 0.1) is 0 Å². The third-order valence-electron chi connectivity index (χ3n) is 6.02. The third kappa shape index (κ3) is 3.22. The molecule has 2 aliphatic rings. The molecule has 0 N–H and O–H groups in total. The Balaban J connectivity index is 2.02. The van der Waals surface area contributed by atoms with Crippen molar-refractivity contribution in [3.8, 4) is 0 Å². The molecule has 0 spiro atoms. The largest absolute Gasteiger partial charge is 0.0842 e. The summed E-state index contributed by atoms with van der Waals surface area (Å²) in [5.41, 5.74) is 6.01. The van der Waals surface area contributed by atoms with Crippen molar-refractivity contribution in [3.05, 3.63) is 70.8 Å². The predicted molar refractivity (Wildman–Crippen MR) is 101 cm³/mol. The van der Waals surface area contributed by atoms with Crippen molar-refractivity contribution in [1.29, 1.82) is 0 Å². The molecular formula is C23H30. The van der Waals surface area contributed by atoms with E-state index in [0.717, 1.165) is 12.3 Å². The average molecular weight is 306 g/mol. The minimum atomic E-state index is 0.127. The lowest BCUT2D eigenvalue weighted by Crippen LogP contribution is -2.35. The highest BCUT2D eigenvalue weighted by Crippen LogP contribution is 2.46. The molecule has 0 fully saturated rings. The van der Waals surface area contributed by atoms with Gasteiger partial charge < -0.3 is 0 Å². The van der Waals surface area contributed by atoms with E-state index in [1.165, 1.54) is 36.0 Å². The molecule has 1 aromatic rings. The number of hydrogen-bond donors (Lipinski definition) is 0. The van der Waals surface area contributed by atoms with E-state index in [1.807, 2.05) is 0 Å². The molecule has 0 heterocycles. The maximum Gasteiger partial charge on any atom is 0.0199 e. The van der Waals surface area contributed by atoms with Gasteiger partial charge in [-0.25, -0.2) is 0 Å². The Hall–Kier alpha value is -1.56. The number of aryl methyl sites for hydroxylation is 1. The molecule has 3 rings (SSSR count). The highest BCUT2D eigenvalue weighted by molar-refractivity contribution is 5.42. The van der Waals surface area contributed by atoms with Gasteiger partial charge in [0, 0.05) is 5.41 Å². The molecular weight excluding hydrogens is 276 g/mol. The van der Waals surface area contributed by atoms with Gasteiger partial charge in [0.25, 0.3) is 0 Å². The van der Waals surface area contributed by atoms with Gasteiger partial charge in [0.1, 0.15) is 0 Å². The molecule has 0 aliphatic heterocycles. The summed E-state index contributed by atoms with van der Waals surface area (Å²) in [5.74, 6) is 1.40. The molecule has 122 valence electrons. The lowest BCUT2D eigenvalue weighted by molar-refractivity contribution is 0.369. The Morgan fingerprint density at radius 3 is 2.30 bits per heavy atom. The molecule has 3 atom stereocenters. The summed E-state index contributed by atoms with van der Waals surface area (Å²) in [7, 11) is 0. The highest BCUT2D eigenvalue weighted by atomic mass is 14.4. The summed E-state index contributed by atoms with van der Waals surface area (Å²) in [6.07, 6.45) is 14.7. The molecule has 0 saturated carbocycles. The molecule has 0 saturated heterocycles. The van der Waals surface area contributed by atoms with Crippen LogP contribution < -0.4 is 0 Å². The van der Waals surface area contributed by atoms with Gasteiger partial charge in [-0.1, -0.05) is 79.1 Å². The van der Waals surface area contributed by atoms with Crippen molar-refractivity contribution in [3.63, 3.8) is 0 Å². The summed E-state index contributed by atoms with van der Waals surface area (Å²) in [4.78, 5) is 0. The van der Waals surface area contributed by atoms with E-state index in [2.05, 4.69) is 76.3 Å². The number of rotatable bonds is 3. The van der Waals surface area contributed by atoms with E-state index < -0.39 is 0 Å². The van der Waals surface area contributed by atoms with E-state index in [1.54, 1.807) is 5.57 Å². The van der Waals surface area contributed by atoms with Crippen molar-refractivity contribution in [2.75, 3.05) is 0 Å². The lowest BCUT2D eigenvalue weighted by Gasteiger charge is -2.42. The Bertz CT molecular complexity index is 641. The van der Waals surface area contributed by atoms with Crippen molar-refractivity contribution in [2.45, 2.75) is 58.8 Å². The van der Waals surface area contributed by atoms with Crippen LogP contribution in [0.3, 0.4) is 0 Å². The van der Waals surface area contributed by atoms with E-state index in [-0.39, 0.29) is 5.41 Å². The zero-order valence-corrected chi connectivity index (χ0v) is 15.1. The first-order valence-corrected chi connectivity index (χ1v) is 9.11. The van der Waals surface area contributed by atoms with Gasteiger partial charge >= 0.3 is 0 Å². The second kappa shape index (κ2) is 6.51. The quantitative estimate of drug-likeness (QED) is 0.557.